The van der Waals surface area contributed by atoms with E-state index >= 15 is 0 Å². The lowest BCUT2D eigenvalue weighted by Crippen LogP contribution is -2.26. The lowest BCUT2D eigenvalue weighted by molar-refractivity contribution is -0.154. The van der Waals surface area contributed by atoms with Gasteiger partial charge in [0.15, 0.2) is 0 Å². The summed E-state index contributed by atoms with van der Waals surface area (Å²) in [5.41, 5.74) is 0.694. The van der Waals surface area contributed by atoms with Crippen molar-refractivity contribution in [2.75, 3.05) is 7.11 Å². The Labute approximate surface area is 86.9 Å². The first-order valence-electron chi connectivity index (χ1n) is 4.34. The number of methoxy groups -OCH3 is 1. The normalized spacial score (nSPS) is 9.40. The highest BCUT2D eigenvalue weighted by Crippen LogP contribution is 2.00. The van der Waals surface area contributed by atoms with Crippen LogP contribution in [0.1, 0.15) is 5.56 Å². The SMILES string of the molecule is COC(=O)C(=O)C(=O)Cc1ccccc1. The molecule has 15 heavy (non-hydrogen) atoms. The second-order valence-electron chi connectivity index (χ2n) is 2.91. The van der Waals surface area contributed by atoms with Crippen molar-refractivity contribution in [3.05, 3.63) is 35.9 Å². The summed E-state index contributed by atoms with van der Waals surface area (Å²) in [5, 5.41) is 0. The molecule has 0 aliphatic rings. The summed E-state index contributed by atoms with van der Waals surface area (Å²) in [5.74, 6) is -2.98. The zero-order valence-corrected chi connectivity index (χ0v) is 8.23. The summed E-state index contributed by atoms with van der Waals surface area (Å²) in [4.78, 5) is 33.1. The maximum atomic E-state index is 11.3. The van der Waals surface area contributed by atoms with Crippen LogP contribution in [0.5, 0.6) is 0 Å². The van der Waals surface area contributed by atoms with Crippen LogP contribution in [0.15, 0.2) is 30.3 Å². The van der Waals surface area contributed by atoms with Crippen LogP contribution >= 0.6 is 0 Å². The molecule has 0 spiro atoms. The molecule has 4 nitrogen and oxygen atoms in total. The molecule has 1 rings (SSSR count). The van der Waals surface area contributed by atoms with E-state index in [1.54, 1.807) is 30.3 Å². The van der Waals surface area contributed by atoms with E-state index in [1.165, 1.54) is 0 Å². The van der Waals surface area contributed by atoms with E-state index in [2.05, 4.69) is 4.74 Å². The quantitative estimate of drug-likeness (QED) is 0.410. The van der Waals surface area contributed by atoms with E-state index in [4.69, 9.17) is 0 Å². The average Bonchev–Trinajstić information content (AvgIpc) is 2.28. The number of hydrogen-bond donors (Lipinski definition) is 0. The molecule has 0 saturated carbocycles. The largest absolute Gasteiger partial charge is 0.463 e. The van der Waals surface area contributed by atoms with Crippen molar-refractivity contribution < 1.29 is 19.1 Å². The van der Waals surface area contributed by atoms with Crippen LogP contribution in [0.2, 0.25) is 0 Å². The second kappa shape index (κ2) is 5.05. The van der Waals surface area contributed by atoms with Gasteiger partial charge in [-0.25, -0.2) is 4.79 Å². The Balaban J connectivity index is 2.65. The minimum Gasteiger partial charge on any atom is -0.463 e. The Kier molecular flexibility index (Phi) is 3.74. The van der Waals surface area contributed by atoms with Crippen molar-refractivity contribution in [3.63, 3.8) is 0 Å². The average molecular weight is 206 g/mol. The Morgan fingerprint density at radius 1 is 1.13 bits per heavy atom. The monoisotopic (exact) mass is 206 g/mol. The molecule has 0 radical (unpaired) electrons. The van der Waals surface area contributed by atoms with Crippen LogP contribution in [0.4, 0.5) is 0 Å². The van der Waals surface area contributed by atoms with Crippen LogP contribution in [0, 0.1) is 0 Å². The first-order valence-corrected chi connectivity index (χ1v) is 4.34. The lowest BCUT2D eigenvalue weighted by Gasteiger charge is -1.98. The van der Waals surface area contributed by atoms with Gasteiger partial charge in [-0.1, -0.05) is 30.3 Å². The highest BCUT2D eigenvalue weighted by Gasteiger charge is 2.22. The van der Waals surface area contributed by atoms with Crippen molar-refractivity contribution in [1.82, 2.24) is 0 Å². The molecule has 0 N–H and O–H groups in total. The van der Waals surface area contributed by atoms with Gasteiger partial charge in [0, 0.05) is 6.42 Å². The van der Waals surface area contributed by atoms with E-state index in [1.807, 2.05) is 0 Å². The Bertz CT molecular complexity index is 381. The number of ether oxygens (including phenoxy) is 1. The Morgan fingerprint density at radius 2 is 1.73 bits per heavy atom. The molecular formula is C11H10O4. The first-order chi connectivity index (χ1) is 7.15. The fourth-order valence-corrected chi connectivity index (χ4v) is 1.07. The van der Waals surface area contributed by atoms with E-state index in [-0.39, 0.29) is 6.42 Å². The van der Waals surface area contributed by atoms with E-state index in [0.29, 0.717) is 5.56 Å². The standard InChI is InChI=1S/C11H10O4/c1-15-11(14)10(13)9(12)7-8-5-3-2-4-6-8/h2-6H,7H2,1H3. The molecule has 0 aromatic heterocycles. The molecular weight excluding hydrogens is 196 g/mol. The van der Waals surface area contributed by atoms with E-state index in [9.17, 15) is 14.4 Å². The van der Waals surface area contributed by atoms with Gasteiger partial charge in [-0.05, 0) is 5.56 Å². The van der Waals surface area contributed by atoms with Crippen LogP contribution in [-0.2, 0) is 25.5 Å². The third-order valence-corrected chi connectivity index (χ3v) is 1.83. The molecule has 1 aromatic rings. The molecule has 0 aliphatic carbocycles. The molecule has 78 valence electrons. The Morgan fingerprint density at radius 3 is 2.27 bits per heavy atom. The van der Waals surface area contributed by atoms with Crippen LogP contribution in [-0.4, -0.2) is 24.6 Å². The summed E-state index contributed by atoms with van der Waals surface area (Å²) in [6.07, 6.45) is -0.0746. The molecule has 0 bridgehead atoms. The molecule has 0 heterocycles. The van der Waals surface area contributed by atoms with Crippen molar-refractivity contribution in [2.24, 2.45) is 0 Å². The highest BCUT2D eigenvalue weighted by atomic mass is 16.5. The topological polar surface area (TPSA) is 60.4 Å². The smallest absolute Gasteiger partial charge is 0.382 e. The van der Waals surface area contributed by atoms with Gasteiger partial charge in [0.2, 0.25) is 5.78 Å². The predicted octanol–water partition coefficient (Wildman–Crippen LogP) is 0.540. The molecule has 0 atom stereocenters. The molecule has 0 unspecified atom stereocenters. The predicted molar refractivity (Wildman–Crippen MR) is 52.2 cm³/mol. The van der Waals surface area contributed by atoms with Crippen LogP contribution in [0.3, 0.4) is 0 Å². The van der Waals surface area contributed by atoms with Crippen molar-refractivity contribution in [2.45, 2.75) is 6.42 Å². The minimum absolute atomic E-state index is 0.0746. The zero-order valence-electron chi connectivity index (χ0n) is 8.23. The van der Waals surface area contributed by atoms with Crippen molar-refractivity contribution in [3.8, 4) is 0 Å². The number of benzene rings is 1. The third kappa shape index (κ3) is 3.02. The number of esters is 1. The molecule has 0 fully saturated rings. The Hall–Kier alpha value is -1.97. The van der Waals surface area contributed by atoms with Crippen LogP contribution < -0.4 is 0 Å². The van der Waals surface area contributed by atoms with Gasteiger partial charge in [0.1, 0.15) is 0 Å². The maximum absolute atomic E-state index is 11.3. The second-order valence-corrected chi connectivity index (χ2v) is 2.91. The summed E-state index contributed by atoms with van der Waals surface area (Å²) in [6.45, 7) is 0. The number of rotatable bonds is 4. The summed E-state index contributed by atoms with van der Waals surface area (Å²) in [6, 6.07) is 8.73. The van der Waals surface area contributed by atoms with Gasteiger partial charge in [0.05, 0.1) is 7.11 Å². The number of Topliss-reactive ketones (excluding diaryl/α,β-unsaturated/α-hetero) is 2. The molecule has 4 heteroatoms. The van der Waals surface area contributed by atoms with Gasteiger partial charge >= 0.3 is 11.8 Å². The lowest BCUT2D eigenvalue weighted by atomic mass is 10.1. The number of carbonyl (C=O) groups excluding carboxylic acids is 3. The van der Waals surface area contributed by atoms with Gasteiger partial charge in [-0.2, -0.15) is 0 Å². The highest BCUT2D eigenvalue weighted by molar-refractivity contribution is 6.62. The van der Waals surface area contributed by atoms with Crippen molar-refractivity contribution in [1.29, 1.82) is 0 Å². The maximum Gasteiger partial charge on any atom is 0.382 e. The van der Waals surface area contributed by atoms with Gasteiger partial charge in [-0.15, -0.1) is 0 Å². The van der Waals surface area contributed by atoms with Gasteiger partial charge in [-0.3, -0.25) is 9.59 Å². The fourth-order valence-electron chi connectivity index (χ4n) is 1.07. The summed E-state index contributed by atoms with van der Waals surface area (Å²) >= 11 is 0. The number of carbonyl (C=O) groups is 3. The molecule has 0 aliphatic heterocycles. The van der Waals surface area contributed by atoms with E-state index in [0.717, 1.165) is 7.11 Å². The zero-order chi connectivity index (χ0) is 11.3. The fraction of sp³-hybridized carbons (Fsp3) is 0.182. The first kappa shape index (κ1) is 11.1. The van der Waals surface area contributed by atoms with Gasteiger partial charge in [0.25, 0.3) is 0 Å². The summed E-state index contributed by atoms with van der Waals surface area (Å²) < 4.78 is 4.16. The van der Waals surface area contributed by atoms with E-state index < -0.39 is 17.5 Å². The number of hydrogen-bond acceptors (Lipinski definition) is 4. The minimum atomic E-state index is -1.11. The van der Waals surface area contributed by atoms with Gasteiger partial charge < -0.3 is 4.74 Å². The molecule has 0 saturated heterocycles. The third-order valence-electron chi connectivity index (χ3n) is 1.83. The molecule has 1 aromatic carbocycles. The van der Waals surface area contributed by atoms with Crippen molar-refractivity contribution >= 4 is 17.5 Å². The number of ketones is 2. The molecule has 0 amide bonds. The summed E-state index contributed by atoms with van der Waals surface area (Å²) in [7, 11) is 1.07. The van der Waals surface area contributed by atoms with Crippen LogP contribution in [0.25, 0.3) is 0 Å².